The van der Waals surface area contributed by atoms with Crippen LogP contribution in [0.25, 0.3) is 21.5 Å². The van der Waals surface area contributed by atoms with Crippen molar-refractivity contribution in [3.63, 3.8) is 0 Å². The third-order valence-electron chi connectivity index (χ3n) is 8.12. The van der Waals surface area contributed by atoms with Crippen LogP contribution in [0.5, 0.6) is 23.0 Å². The van der Waals surface area contributed by atoms with Gasteiger partial charge in [-0.25, -0.2) is 0 Å². The fraction of sp³-hybridized carbons (Fsp3) is 0.128. The molecule has 6 aromatic rings. The number of nitro groups is 1. The van der Waals surface area contributed by atoms with Gasteiger partial charge in [-0.15, -0.1) is 0 Å². The molecule has 0 spiro atoms. The topological polar surface area (TPSA) is 186 Å². The number of fused-ring (bicyclic) bond motifs is 2. The van der Waals surface area contributed by atoms with Crippen LogP contribution >= 0.6 is 0 Å². The van der Waals surface area contributed by atoms with Crippen molar-refractivity contribution < 1.29 is 34.9 Å². The average molecular weight is 689 g/mol. The second-order valence-electron chi connectivity index (χ2n) is 12.0. The van der Waals surface area contributed by atoms with E-state index in [1.807, 2.05) is 43.3 Å². The van der Waals surface area contributed by atoms with Crippen LogP contribution in [0, 0.1) is 10.1 Å². The van der Waals surface area contributed by atoms with Crippen LogP contribution < -0.4 is 15.5 Å². The summed E-state index contributed by atoms with van der Waals surface area (Å²) in [4.78, 5) is 36.9. The Kier molecular flexibility index (Phi) is 10.9. The fourth-order valence-electron chi connectivity index (χ4n) is 5.30. The number of nitrogens with one attached hydrogen (secondary N) is 2. The smallest absolute Gasteiger partial charge is 0.269 e. The molecule has 6 N–H and O–H groups in total. The molecular formula is C39H36N4O8. The number of nitro benzene ring substituents is 1. The molecule has 0 saturated heterocycles. The number of carbonyl (C=O) groups is 2. The summed E-state index contributed by atoms with van der Waals surface area (Å²) < 4.78 is 0. The van der Waals surface area contributed by atoms with Gasteiger partial charge in [-0.05, 0) is 99.8 Å². The number of phenolic OH excluding ortho intramolecular Hbond substituents is 4. The zero-order valence-electron chi connectivity index (χ0n) is 27.8. The highest BCUT2D eigenvalue weighted by molar-refractivity contribution is 6.02. The largest absolute Gasteiger partial charge is 0.508 e. The molecular weight excluding hydrogens is 652 g/mol. The van der Waals surface area contributed by atoms with Crippen LogP contribution in [0.2, 0.25) is 0 Å². The Morgan fingerprint density at radius 2 is 1.12 bits per heavy atom. The van der Waals surface area contributed by atoms with Crippen molar-refractivity contribution in [2.45, 2.75) is 13.0 Å². The van der Waals surface area contributed by atoms with Gasteiger partial charge in [0, 0.05) is 45.0 Å². The Balaban J connectivity index is 0.000000198. The van der Waals surface area contributed by atoms with E-state index >= 15 is 0 Å². The van der Waals surface area contributed by atoms with E-state index in [-0.39, 0.29) is 45.7 Å². The van der Waals surface area contributed by atoms with E-state index in [1.54, 1.807) is 42.5 Å². The quantitative estimate of drug-likeness (QED) is 0.0741. The van der Waals surface area contributed by atoms with Crippen molar-refractivity contribution >= 4 is 44.7 Å². The van der Waals surface area contributed by atoms with Gasteiger partial charge in [0.15, 0.2) is 0 Å². The van der Waals surface area contributed by atoms with Gasteiger partial charge < -0.3 is 36.0 Å². The summed E-state index contributed by atoms with van der Waals surface area (Å²) in [6, 6.07) is 29.5. The van der Waals surface area contributed by atoms with Gasteiger partial charge in [0.2, 0.25) is 0 Å². The second kappa shape index (κ2) is 15.6. The molecule has 51 heavy (non-hydrogen) atoms. The maximum Gasteiger partial charge on any atom is 0.269 e. The number of amides is 2. The average Bonchev–Trinajstić information content (AvgIpc) is 3.11. The third-order valence-corrected chi connectivity index (χ3v) is 8.12. The lowest BCUT2D eigenvalue weighted by atomic mass is 10.0. The van der Waals surface area contributed by atoms with E-state index in [2.05, 4.69) is 10.6 Å². The molecule has 0 aliphatic rings. The zero-order valence-corrected chi connectivity index (χ0v) is 27.8. The van der Waals surface area contributed by atoms with E-state index in [9.17, 15) is 40.1 Å². The molecule has 12 nitrogen and oxygen atoms in total. The molecule has 0 radical (unpaired) electrons. The van der Waals surface area contributed by atoms with Gasteiger partial charge in [-0.1, -0.05) is 36.4 Å². The van der Waals surface area contributed by atoms with Crippen molar-refractivity contribution in [2.24, 2.45) is 0 Å². The van der Waals surface area contributed by atoms with E-state index in [1.165, 1.54) is 42.5 Å². The monoisotopic (exact) mass is 688 g/mol. The van der Waals surface area contributed by atoms with Gasteiger partial charge in [0.05, 0.1) is 16.1 Å². The standard InChI is InChI=1S/C20H20N2O3.C19H16N2O5/c1-22(2)16-6-3-13(4-7-16)12-21-20(25)18-10-15-9-17(23)8-5-14(15)11-19(18)24;22-16-6-3-13-11-18(23)17(10-14(13)9-16)19(24)20-8-7-12-1-4-15(5-2-12)21(25)26/h3-11,23-24H,12H2,1-2H3,(H,21,25);1-6,9-11,22-23H,7-8H2,(H,20,24). The first-order valence-corrected chi connectivity index (χ1v) is 15.9. The number of carbonyl (C=O) groups excluding carboxylic acids is 2. The number of aromatic hydroxyl groups is 4. The van der Waals surface area contributed by atoms with Gasteiger partial charge in [-0.3, -0.25) is 19.7 Å². The van der Waals surface area contributed by atoms with Crippen LogP contribution in [-0.4, -0.2) is 57.8 Å². The molecule has 12 heteroatoms. The Morgan fingerprint density at radius 1 is 0.627 bits per heavy atom. The fourth-order valence-corrected chi connectivity index (χ4v) is 5.30. The highest BCUT2D eigenvalue weighted by atomic mass is 16.6. The maximum atomic E-state index is 12.4. The van der Waals surface area contributed by atoms with Crippen LogP contribution in [0.3, 0.4) is 0 Å². The van der Waals surface area contributed by atoms with Gasteiger partial charge in [0.25, 0.3) is 17.5 Å². The summed E-state index contributed by atoms with van der Waals surface area (Å²) >= 11 is 0. The summed E-state index contributed by atoms with van der Waals surface area (Å²) in [5, 5.41) is 58.2. The van der Waals surface area contributed by atoms with Crippen LogP contribution in [0.1, 0.15) is 31.8 Å². The van der Waals surface area contributed by atoms with Gasteiger partial charge >= 0.3 is 0 Å². The number of phenols is 4. The molecule has 0 fully saturated rings. The number of rotatable bonds is 9. The number of hydrogen-bond donors (Lipinski definition) is 6. The first kappa shape index (κ1) is 35.5. The minimum atomic E-state index is -0.466. The minimum Gasteiger partial charge on any atom is -0.508 e. The Labute approximate surface area is 293 Å². The normalized spacial score (nSPS) is 10.6. The number of nitrogens with zero attached hydrogens (tertiary/aromatic N) is 2. The predicted octanol–water partition coefficient (Wildman–Crippen LogP) is 6.38. The van der Waals surface area contributed by atoms with E-state index in [4.69, 9.17) is 0 Å². The lowest BCUT2D eigenvalue weighted by Crippen LogP contribution is -2.25. The Hall–Kier alpha value is -6.82. The van der Waals surface area contributed by atoms with Crippen molar-refractivity contribution in [1.29, 1.82) is 0 Å². The summed E-state index contributed by atoms with van der Waals surface area (Å²) in [6.07, 6.45) is 0.499. The predicted molar refractivity (Wildman–Crippen MR) is 196 cm³/mol. The third kappa shape index (κ3) is 9.00. The number of benzene rings is 6. The van der Waals surface area contributed by atoms with Crippen molar-refractivity contribution in [3.8, 4) is 23.0 Å². The summed E-state index contributed by atoms with van der Waals surface area (Å²) in [5.41, 5.74) is 3.22. The molecule has 6 rings (SSSR count). The van der Waals surface area contributed by atoms with E-state index in [0.717, 1.165) is 22.2 Å². The lowest BCUT2D eigenvalue weighted by Gasteiger charge is -2.13. The molecule has 0 unspecified atom stereocenters. The summed E-state index contributed by atoms with van der Waals surface area (Å²) in [5.74, 6) is -0.831. The zero-order chi connectivity index (χ0) is 36.7. The molecule has 260 valence electrons. The van der Waals surface area contributed by atoms with E-state index < -0.39 is 10.8 Å². The SMILES string of the molecule is CN(C)c1ccc(CNC(=O)c2cc3cc(O)ccc3cc2O)cc1.O=C(NCCc1ccc([N+](=O)[O-])cc1)c1cc2cc(O)ccc2cc1O. The summed E-state index contributed by atoms with van der Waals surface area (Å²) in [6.45, 7) is 0.679. The highest BCUT2D eigenvalue weighted by Gasteiger charge is 2.14. The second-order valence-corrected chi connectivity index (χ2v) is 12.0. The van der Waals surface area contributed by atoms with Crippen LogP contribution in [-0.2, 0) is 13.0 Å². The van der Waals surface area contributed by atoms with Crippen LogP contribution in [0.4, 0.5) is 11.4 Å². The van der Waals surface area contributed by atoms with Crippen molar-refractivity contribution in [1.82, 2.24) is 10.6 Å². The first-order valence-electron chi connectivity index (χ1n) is 15.9. The lowest BCUT2D eigenvalue weighted by molar-refractivity contribution is -0.384. The Bertz CT molecular complexity index is 2220. The van der Waals surface area contributed by atoms with Crippen LogP contribution in [0.15, 0.2) is 109 Å². The maximum absolute atomic E-state index is 12.4. The first-order chi connectivity index (χ1) is 24.4. The molecule has 6 aromatic carbocycles. The number of hydrogen-bond acceptors (Lipinski definition) is 9. The molecule has 0 aliphatic carbocycles. The van der Waals surface area contributed by atoms with Crippen molar-refractivity contribution in [3.05, 3.63) is 142 Å². The van der Waals surface area contributed by atoms with Gasteiger partial charge in [-0.2, -0.15) is 0 Å². The van der Waals surface area contributed by atoms with E-state index in [0.29, 0.717) is 35.7 Å². The minimum absolute atomic E-state index is 0.0159. The Morgan fingerprint density at radius 3 is 1.61 bits per heavy atom. The molecule has 0 saturated carbocycles. The molecule has 0 aliphatic heterocycles. The molecule has 0 aromatic heterocycles. The molecule has 2 amide bonds. The molecule has 0 atom stereocenters. The highest BCUT2D eigenvalue weighted by Crippen LogP contribution is 2.29. The van der Waals surface area contributed by atoms with Crippen molar-refractivity contribution in [2.75, 3.05) is 25.5 Å². The summed E-state index contributed by atoms with van der Waals surface area (Å²) in [7, 11) is 3.94. The molecule has 0 bridgehead atoms. The number of anilines is 1. The van der Waals surface area contributed by atoms with Gasteiger partial charge in [0.1, 0.15) is 23.0 Å². The number of non-ortho nitro benzene ring substituents is 1. The molecule has 0 heterocycles.